The van der Waals surface area contributed by atoms with Crippen LogP contribution in [0.3, 0.4) is 0 Å². The van der Waals surface area contributed by atoms with E-state index in [2.05, 4.69) is 14.9 Å². The Hall–Kier alpha value is -3.17. The highest BCUT2D eigenvalue weighted by atomic mass is 35.5. The molecular weight excluding hydrogens is 428 g/mol. The molecule has 0 atom stereocenters. The highest BCUT2D eigenvalue weighted by Crippen LogP contribution is 2.38. The van der Waals surface area contributed by atoms with Crippen molar-refractivity contribution in [3.63, 3.8) is 0 Å². The molecule has 1 aliphatic rings. The predicted octanol–water partition coefficient (Wildman–Crippen LogP) is 3.20. The molecular formula is C20H17ClN4O4S. The van der Waals surface area contributed by atoms with Crippen LogP contribution in [0, 0.1) is 0 Å². The van der Waals surface area contributed by atoms with Gasteiger partial charge in [0.2, 0.25) is 0 Å². The second kappa shape index (κ2) is 7.92. The van der Waals surface area contributed by atoms with Gasteiger partial charge in [-0.1, -0.05) is 40.4 Å². The van der Waals surface area contributed by atoms with Gasteiger partial charge in [0, 0.05) is 11.5 Å². The number of hydrogen-bond donors (Lipinski definition) is 1. The van der Waals surface area contributed by atoms with Crippen LogP contribution in [0.4, 0.5) is 4.79 Å². The molecule has 4 rings (SSSR count). The van der Waals surface area contributed by atoms with Crippen molar-refractivity contribution < 1.29 is 19.1 Å². The fourth-order valence-electron chi connectivity index (χ4n) is 3.40. The molecule has 0 unspecified atom stereocenters. The van der Waals surface area contributed by atoms with Crippen LogP contribution in [-0.2, 0) is 16.9 Å². The third-order valence-electron chi connectivity index (χ3n) is 4.97. The lowest BCUT2D eigenvalue weighted by Gasteiger charge is -2.28. The summed E-state index contributed by atoms with van der Waals surface area (Å²) in [5.74, 6) is 0.835. The van der Waals surface area contributed by atoms with Crippen LogP contribution in [0.1, 0.15) is 16.8 Å². The first-order valence-electron chi connectivity index (χ1n) is 8.89. The summed E-state index contributed by atoms with van der Waals surface area (Å²) in [6, 6.07) is 13.4. The topological polar surface area (TPSA) is 93.7 Å². The fourth-order valence-corrected chi connectivity index (χ4v) is 4.01. The minimum absolute atomic E-state index is 0.0753. The molecule has 0 saturated carbocycles. The lowest BCUT2D eigenvalue weighted by molar-refractivity contribution is -0.130. The number of aromatic nitrogens is 2. The van der Waals surface area contributed by atoms with Crippen LogP contribution in [0.15, 0.2) is 48.5 Å². The number of carbonyl (C=O) groups excluding carboxylic acids is 2. The van der Waals surface area contributed by atoms with Crippen molar-refractivity contribution >= 4 is 35.1 Å². The summed E-state index contributed by atoms with van der Waals surface area (Å²) in [6.45, 7) is -0.0753. The minimum Gasteiger partial charge on any atom is -0.497 e. The fraction of sp³-hybridized carbons (Fsp3) is 0.200. The average molecular weight is 445 g/mol. The first kappa shape index (κ1) is 20.1. The van der Waals surface area contributed by atoms with Gasteiger partial charge >= 0.3 is 6.03 Å². The zero-order chi connectivity index (χ0) is 21.3. The monoisotopic (exact) mass is 444 g/mol. The Balaban J connectivity index is 1.81. The van der Waals surface area contributed by atoms with E-state index in [4.69, 9.17) is 21.1 Å². The number of nitrogens with zero attached hydrogens (tertiary/aromatic N) is 3. The Labute approximate surface area is 181 Å². The van der Waals surface area contributed by atoms with E-state index in [1.54, 1.807) is 62.8 Å². The molecule has 1 N–H and O–H groups in total. The molecule has 154 valence electrons. The molecule has 3 aromatic rings. The number of hydrogen-bond acceptors (Lipinski definition) is 7. The van der Waals surface area contributed by atoms with Crippen molar-refractivity contribution in [2.75, 3.05) is 14.2 Å². The number of halogens is 1. The average Bonchev–Trinajstić information content (AvgIpc) is 3.30. The second-order valence-corrected chi connectivity index (χ2v) is 7.88. The van der Waals surface area contributed by atoms with Crippen molar-refractivity contribution in [2.24, 2.45) is 0 Å². The molecule has 3 amide bonds. The third-order valence-corrected chi connectivity index (χ3v) is 5.95. The number of amides is 3. The number of benzene rings is 2. The van der Waals surface area contributed by atoms with Crippen LogP contribution in [0.25, 0.3) is 0 Å². The Morgan fingerprint density at radius 1 is 1.00 bits per heavy atom. The summed E-state index contributed by atoms with van der Waals surface area (Å²) in [5, 5.41) is 6.79. The van der Waals surface area contributed by atoms with Gasteiger partial charge in [-0.2, -0.15) is 0 Å². The van der Waals surface area contributed by atoms with E-state index in [0.717, 1.165) is 16.4 Å². The van der Waals surface area contributed by atoms with E-state index in [9.17, 15) is 9.59 Å². The molecule has 1 fully saturated rings. The molecule has 1 aromatic heterocycles. The highest BCUT2D eigenvalue weighted by Gasteiger charge is 2.54. The Morgan fingerprint density at radius 2 is 1.53 bits per heavy atom. The van der Waals surface area contributed by atoms with E-state index in [1.807, 2.05) is 0 Å². The van der Waals surface area contributed by atoms with Gasteiger partial charge in [0.25, 0.3) is 5.91 Å². The van der Waals surface area contributed by atoms with Gasteiger partial charge in [-0.25, -0.2) is 4.79 Å². The summed E-state index contributed by atoms with van der Waals surface area (Å²) in [4.78, 5) is 27.7. The van der Waals surface area contributed by atoms with Gasteiger partial charge in [0.1, 0.15) is 21.5 Å². The molecule has 0 bridgehead atoms. The van der Waals surface area contributed by atoms with E-state index < -0.39 is 17.5 Å². The van der Waals surface area contributed by atoms with Gasteiger partial charge in [-0.15, -0.1) is 5.10 Å². The van der Waals surface area contributed by atoms with Gasteiger partial charge < -0.3 is 14.8 Å². The van der Waals surface area contributed by atoms with Crippen LogP contribution in [-0.4, -0.2) is 40.6 Å². The maximum absolute atomic E-state index is 13.7. The number of rotatable bonds is 6. The van der Waals surface area contributed by atoms with E-state index >= 15 is 0 Å². The molecule has 0 aliphatic carbocycles. The van der Waals surface area contributed by atoms with Crippen LogP contribution in [0.2, 0.25) is 4.34 Å². The number of carbonyl (C=O) groups is 2. The molecule has 30 heavy (non-hydrogen) atoms. The molecule has 2 aromatic carbocycles. The predicted molar refractivity (Wildman–Crippen MR) is 111 cm³/mol. The summed E-state index contributed by atoms with van der Waals surface area (Å²) < 4.78 is 14.6. The Morgan fingerprint density at radius 3 is 1.97 bits per heavy atom. The first-order chi connectivity index (χ1) is 14.5. The normalized spacial score (nSPS) is 15.2. The van der Waals surface area contributed by atoms with E-state index in [-0.39, 0.29) is 6.54 Å². The lowest BCUT2D eigenvalue weighted by Crippen LogP contribution is -2.45. The maximum atomic E-state index is 13.7. The van der Waals surface area contributed by atoms with Crippen LogP contribution >= 0.6 is 23.1 Å². The van der Waals surface area contributed by atoms with Crippen LogP contribution in [0.5, 0.6) is 11.5 Å². The standard InChI is InChI=1S/C20H17ClN4O4S/c1-28-14-7-3-12(4-8-14)20(13-5-9-15(29-2)10-6-13)18(26)25(19(27)22-20)11-16-17(21)30-24-23-16/h3-10H,11H2,1-2H3,(H,22,27). The van der Waals surface area contributed by atoms with Crippen LogP contribution < -0.4 is 14.8 Å². The summed E-state index contributed by atoms with van der Waals surface area (Å²) >= 11 is 7.08. The van der Waals surface area contributed by atoms with Crippen molar-refractivity contribution in [3.8, 4) is 11.5 Å². The molecule has 0 spiro atoms. The SMILES string of the molecule is COc1ccc(C2(c3ccc(OC)cc3)NC(=O)N(Cc3nnsc3Cl)C2=O)cc1. The molecule has 8 nitrogen and oxygen atoms in total. The van der Waals surface area contributed by atoms with Crippen molar-refractivity contribution in [3.05, 3.63) is 69.7 Å². The van der Waals surface area contributed by atoms with Gasteiger partial charge in [0.05, 0.1) is 20.8 Å². The summed E-state index contributed by atoms with van der Waals surface area (Å²) in [6.07, 6.45) is 0. The van der Waals surface area contributed by atoms with E-state index in [1.165, 1.54) is 0 Å². The molecule has 0 radical (unpaired) electrons. The summed E-state index contributed by atoms with van der Waals surface area (Å²) in [5.41, 5.74) is 0.144. The van der Waals surface area contributed by atoms with Crippen molar-refractivity contribution in [2.45, 2.75) is 12.1 Å². The molecule has 1 saturated heterocycles. The van der Waals surface area contributed by atoms with E-state index in [0.29, 0.717) is 32.7 Å². The molecule has 2 heterocycles. The zero-order valence-electron chi connectivity index (χ0n) is 16.1. The number of ether oxygens (including phenoxy) is 2. The van der Waals surface area contributed by atoms with Gasteiger partial charge in [0.15, 0.2) is 5.54 Å². The van der Waals surface area contributed by atoms with Gasteiger partial charge in [-0.3, -0.25) is 9.69 Å². The largest absolute Gasteiger partial charge is 0.497 e. The lowest BCUT2D eigenvalue weighted by atomic mass is 9.82. The smallest absolute Gasteiger partial charge is 0.325 e. The molecule has 10 heteroatoms. The number of urea groups is 1. The third kappa shape index (κ3) is 3.25. The Kier molecular flexibility index (Phi) is 5.31. The maximum Gasteiger partial charge on any atom is 0.325 e. The quantitative estimate of drug-likeness (QED) is 0.587. The van der Waals surface area contributed by atoms with Gasteiger partial charge in [-0.05, 0) is 35.4 Å². The van der Waals surface area contributed by atoms with Crippen molar-refractivity contribution in [1.29, 1.82) is 0 Å². The number of methoxy groups -OCH3 is 2. The second-order valence-electron chi connectivity index (χ2n) is 6.52. The molecule has 1 aliphatic heterocycles. The summed E-state index contributed by atoms with van der Waals surface area (Å²) in [7, 11) is 3.12. The first-order valence-corrected chi connectivity index (χ1v) is 10.0. The Bertz CT molecular complexity index is 1040. The highest BCUT2D eigenvalue weighted by molar-refractivity contribution is 7.10. The minimum atomic E-state index is -1.41. The number of imide groups is 1. The number of nitrogens with one attached hydrogen (secondary N) is 1. The van der Waals surface area contributed by atoms with Crippen molar-refractivity contribution in [1.82, 2.24) is 19.8 Å². The zero-order valence-corrected chi connectivity index (χ0v) is 17.7.